The predicted octanol–water partition coefficient (Wildman–Crippen LogP) is 1.53. The summed E-state index contributed by atoms with van der Waals surface area (Å²) in [7, 11) is 0. The molecule has 2 N–H and O–H groups in total. The fourth-order valence-electron chi connectivity index (χ4n) is 1.81. The van der Waals surface area contributed by atoms with Crippen molar-refractivity contribution in [2.24, 2.45) is 5.92 Å². The highest BCUT2D eigenvalue weighted by molar-refractivity contribution is 5.97. The summed E-state index contributed by atoms with van der Waals surface area (Å²) in [5.41, 5.74) is 0.535. The zero-order chi connectivity index (χ0) is 15.2. The van der Waals surface area contributed by atoms with Crippen LogP contribution in [0.25, 0.3) is 0 Å². The molecule has 0 aliphatic heterocycles. The molecule has 1 saturated carbocycles. The number of rotatable bonds is 5. The topological polar surface area (TPSA) is 84.5 Å². The van der Waals surface area contributed by atoms with Crippen LogP contribution in [-0.2, 0) is 14.3 Å². The molecule has 0 saturated heterocycles. The average molecular weight is 290 g/mol. The van der Waals surface area contributed by atoms with Crippen molar-refractivity contribution >= 4 is 17.9 Å². The maximum absolute atomic E-state index is 12.2. The van der Waals surface area contributed by atoms with Crippen molar-refractivity contribution in [1.29, 1.82) is 0 Å². The average Bonchev–Trinajstić information content (AvgIpc) is 3.30. The van der Waals surface area contributed by atoms with Crippen LogP contribution < -0.4 is 10.6 Å². The third kappa shape index (κ3) is 4.30. The van der Waals surface area contributed by atoms with Gasteiger partial charge in [0.25, 0.3) is 5.91 Å². The molecule has 0 spiro atoms. The smallest absolute Gasteiger partial charge is 0.321 e. The molecule has 1 fully saturated rings. The van der Waals surface area contributed by atoms with E-state index in [0.717, 1.165) is 12.8 Å². The van der Waals surface area contributed by atoms with E-state index in [-0.39, 0.29) is 5.92 Å². The fourth-order valence-corrected chi connectivity index (χ4v) is 1.81. The lowest BCUT2D eigenvalue weighted by Crippen LogP contribution is -2.42. The van der Waals surface area contributed by atoms with Crippen molar-refractivity contribution in [3.63, 3.8) is 0 Å². The molecular weight excluding hydrogens is 272 g/mol. The van der Waals surface area contributed by atoms with E-state index in [1.165, 1.54) is 0 Å². The van der Waals surface area contributed by atoms with Crippen molar-refractivity contribution in [2.45, 2.75) is 25.9 Å². The molecule has 1 aromatic rings. The molecule has 6 nitrogen and oxygen atoms in total. The lowest BCUT2D eigenvalue weighted by molar-refractivity contribution is -0.157. The first-order valence-corrected chi connectivity index (χ1v) is 6.96. The van der Waals surface area contributed by atoms with Crippen LogP contribution in [0.5, 0.6) is 0 Å². The zero-order valence-electron chi connectivity index (χ0n) is 11.8. The van der Waals surface area contributed by atoms with Gasteiger partial charge in [0, 0.05) is 12.1 Å². The first-order chi connectivity index (χ1) is 10.1. The molecule has 0 heterocycles. The van der Waals surface area contributed by atoms with Gasteiger partial charge in [-0.05, 0) is 19.8 Å². The molecule has 6 heteroatoms. The molecular formula is C15H18N2O4. The number of carbonyl (C=O) groups is 3. The third-order valence-corrected chi connectivity index (χ3v) is 3.06. The number of imide groups is 1. The molecule has 21 heavy (non-hydrogen) atoms. The molecule has 1 aliphatic carbocycles. The molecule has 1 atom stereocenters. The fraction of sp³-hybridized carbons (Fsp3) is 0.400. The van der Waals surface area contributed by atoms with Crippen LogP contribution in [0.3, 0.4) is 0 Å². The van der Waals surface area contributed by atoms with Gasteiger partial charge in [-0.25, -0.2) is 4.79 Å². The van der Waals surface area contributed by atoms with Gasteiger partial charge in [0.15, 0.2) is 0 Å². The number of urea groups is 1. The van der Waals surface area contributed by atoms with E-state index in [4.69, 9.17) is 4.74 Å². The minimum atomic E-state index is -1.11. The van der Waals surface area contributed by atoms with Gasteiger partial charge in [0.2, 0.25) is 6.10 Å². The summed E-state index contributed by atoms with van der Waals surface area (Å²) in [5, 5.41) is 4.64. The lowest BCUT2D eigenvalue weighted by atomic mass is 10.1. The molecule has 0 radical (unpaired) electrons. The van der Waals surface area contributed by atoms with E-state index in [2.05, 4.69) is 10.6 Å². The van der Waals surface area contributed by atoms with Crippen molar-refractivity contribution in [3.8, 4) is 0 Å². The second-order valence-corrected chi connectivity index (χ2v) is 4.85. The molecule has 0 bridgehead atoms. The highest BCUT2D eigenvalue weighted by Gasteiger charge is 2.35. The molecule has 2 rings (SSSR count). The Balaban J connectivity index is 2.09. The number of esters is 1. The molecule has 1 aliphatic rings. The second kappa shape index (κ2) is 6.88. The van der Waals surface area contributed by atoms with Gasteiger partial charge in [-0.1, -0.05) is 30.3 Å². The summed E-state index contributed by atoms with van der Waals surface area (Å²) in [6.07, 6.45) is 0.471. The number of benzene rings is 1. The Morgan fingerprint density at radius 3 is 2.48 bits per heavy atom. The van der Waals surface area contributed by atoms with Gasteiger partial charge < -0.3 is 10.1 Å². The Morgan fingerprint density at radius 2 is 1.90 bits per heavy atom. The van der Waals surface area contributed by atoms with Crippen LogP contribution in [0.4, 0.5) is 4.79 Å². The van der Waals surface area contributed by atoms with E-state index in [9.17, 15) is 14.4 Å². The highest BCUT2D eigenvalue weighted by Crippen LogP contribution is 2.32. The molecule has 0 unspecified atom stereocenters. The van der Waals surface area contributed by atoms with Crippen molar-refractivity contribution in [2.75, 3.05) is 6.54 Å². The third-order valence-electron chi connectivity index (χ3n) is 3.06. The zero-order valence-corrected chi connectivity index (χ0v) is 11.8. The Hall–Kier alpha value is -2.37. The largest absolute Gasteiger partial charge is 0.447 e. The van der Waals surface area contributed by atoms with Gasteiger partial charge >= 0.3 is 12.0 Å². The summed E-state index contributed by atoms with van der Waals surface area (Å²) in [5.74, 6) is -1.16. The van der Waals surface area contributed by atoms with Crippen LogP contribution in [0.1, 0.15) is 31.4 Å². The first kappa shape index (κ1) is 15.0. The van der Waals surface area contributed by atoms with Gasteiger partial charge in [-0.15, -0.1) is 0 Å². The maximum atomic E-state index is 12.2. The number of ether oxygens (including phenoxy) is 1. The monoisotopic (exact) mass is 290 g/mol. The van der Waals surface area contributed by atoms with Gasteiger partial charge in [0.05, 0.1) is 5.92 Å². The van der Waals surface area contributed by atoms with Crippen LogP contribution in [0.2, 0.25) is 0 Å². The van der Waals surface area contributed by atoms with Crippen LogP contribution >= 0.6 is 0 Å². The van der Waals surface area contributed by atoms with Crippen molar-refractivity contribution < 1.29 is 19.1 Å². The summed E-state index contributed by atoms with van der Waals surface area (Å²) in [6.45, 7) is 2.14. The minimum Gasteiger partial charge on any atom is -0.447 e. The Kier molecular flexibility index (Phi) is 4.92. The van der Waals surface area contributed by atoms with Gasteiger partial charge in [-0.3, -0.25) is 14.9 Å². The highest BCUT2D eigenvalue weighted by atomic mass is 16.5. The van der Waals surface area contributed by atoms with Crippen LogP contribution in [0, 0.1) is 5.92 Å². The standard InChI is InChI=1S/C15H18N2O4/c1-2-16-15(20)17-13(18)12(10-6-4-3-5-7-10)21-14(19)11-8-9-11/h3-7,11-12H,2,8-9H2,1H3,(H2,16,17,18,20)/t12-/m0/s1. The van der Waals surface area contributed by atoms with Crippen molar-refractivity contribution in [3.05, 3.63) is 35.9 Å². The summed E-state index contributed by atoms with van der Waals surface area (Å²) >= 11 is 0. The molecule has 1 aromatic carbocycles. The van der Waals surface area contributed by atoms with E-state index >= 15 is 0 Å². The summed E-state index contributed by atoms with van der Waals surface area (Å²) < 4.78 is 5.27. The van der Waals surface area contributed by atoms with E-state index in [1.54, 1.807) is 37.3 Å². The Labute approximate surface area is 122 Å². The lowest BCUT2D eigenvalue weighted by Gasteiger charge is -2.17. The van der Waals surface area contributed by atoms with Gasteiger partial charge in [-0.2, -0.15) is 0 Å². The van der Waals surface area contributed by atoms with Crippen molar-refractivity contribution in [1.82, 2.24) is 10.6 Å². The van der Waals surface area contributed by atoms with E-state index in [1.807, 2.05) is 0 Å². The quantitative estimate of drug-likeness (QED) is 0.805. The van der Waals surface area contributed by atoms with Crippen LogP contribution in [-0.4, -0.2) is 24.5 Å². The molecule has 0 aromatic heterocycles. The first-order valence-electron chi connectivity index (χ1n) is 6.96. The Bertz CT molecular complexity index is 526. The van der Waals surface area contributed by atoms with Gasteiger partial charge in [0.1, 0.15) is 0 Å². The predicted molar refractivity (Wildman–Crippen MR) is 75.2 cm³/mol. The number of nitrogens with one attached hydrogen (secondary N) is 2. The molecule has 112 valence electrons. The minimum absolute atomic E-state index is 0.117. The number of carbonyl (C=O) groups excluding carboxylic acids is 3. The normalized spacial score (nSPS) is 14.9. The second-order valence-electron chi connectivity index (χ2n) is 4.85. The number of hydrogen-bond acceptors (Lipinski definition) is 4. The van der Waals surface area contributed by atoms with E-state index in [0.29, 0.717) is 12.1 Å². The number of hydrogen-bond donors (Lipinski definition) is 2. The summed E-state index contributed by atoms with van der Waals surface area (Å²) in [6, 6.07) is 8.04. The van der Waals surface area contributed by atoms with E-state index < -0.39 is 24.0 Å². The van der Waals surface area contributed by atoms with Crippen LogP contribution in [0.15, 0.2) is 30.3 Å². The maximum Gasteiger partial charge on any atom is 0.321 e. The SMILES string of the molecule is CCNC(=O)NC(=O)[C@@H](OC(=O)C1CC1)c1ccccc1. The number of amides is 3. The Morgan fingerprint density at radius 1 is 1.24 bits per heavy atom. The molecule has 3 amide bonds. The summed E-state index contributed by atoms with van der Waals surface area (Å²) in [4.78, 5) is 35.4.